The van der Waals surface area contributed by atoms with Crippen molar-refractivity contribution < 1.29 is 38.9 Å². The summed E-state index contributed by atoms with van der Waals surface area (Å²) < 4.78 is 0. The van der Waals surface area contributed by atoms with E-state index in [9.17, 15) is 0 Å². The first-order valence-electron chi connectivity index (χ1n) is 0.548. The molecule has 0 aromatic heterocycles. The molecule has 0 saturated heterocycles. The molecule has 0 aliphatic rings. The predicted molar refractivity (Wildman–Crippen MR) is 10.4 cm³/mol. The Labute approximate surface area is 54.7 Å². The van der Waals surface area contributed by atoms with Crippen molar-refractivity contribution in [2.75, 3.05) is 0 Å². The summed E-state index contributed by atoms with van der Waals surface area (Å²) in [5, 5.41) is 14.8. The van der Waals surface area contributed by atoms with E-state index in [1.165, 1.54) is 0 Å². The van der Waals surface area contributed by atoms with Crippen molar-refractivity contribution in [2.24, 2.45) is 0 Å². The van der Waals surface area contributed by atoms with Crippen molar-refractivity contribution in [3.8, 4) is 0 Å². The number of rotatable bonds is 0. The average Bonchev–Trinajstić information content (AvgIpc) is 0.811. The molecule has 6 heteroatoms. The van der Waals surface area contributed by atoms with Gasteiger partial charge in [-0.15, -0.1) is 0 Å². The number of hydrogen-bond donors (Lipinski definition) is 0. The summed E-state index contributed by atoms with van der Waals surface area (Å²) in [4.78, 5) is 8.25. The first kappa shape index (κ1) is 16.3. The monoisotopic (exact) mass is 184 g/mol. The smallest absolute Gasteiger partial charge is 0.0689 e. The van der Waals surface area contributed by atoms with Crippen LogP contribution in [-0.4, -0.2) is 5.09 Å². The summed E-state index contributed by atoms with van der Waals surface area (Å²) in [5.41, 5.74) is 0. The van der Waals surface area contributed by atoms with E-state index in [0.717, 1.165) is 0 Å². The largest absolute Gasteiger partial charge is 0.356 e. The van der Waals surface area contributed by atoms with Gasteiger partial charge in [-0.25, -0.2) is 0 Å². The van der Waals surface area contributed by atoms with Crippen LogP contribution in [0.2, 0.25) is 0 Å². The zero-order valence-electron chi connectivity index (χ0n) is 2.31. The van der Waals surface area contributed by atoms with E-state index < -0.39 is 5.09 Å². The van der Waals surface area contributed by atoms with Gasteiger partial charge in [-0.3, -0.25) is 0 Å². The van der Waals surface area contributed by atoms with Gasteiger partial charge in [-0.2, -0.15) is 0 Å². The fourth-order valence-corrected chi connectivity index (χ4v) is 0. The van der Waals surface area contributed by atoms with Crippen molar-refractivity contribution in [1.29, 1.82) is 0 Å². The Morgan fingerprint density at radius 2 is 1.33 bits per heavy atom. The fraction of sp³-hybridized carbons (Fsp3) is 0. The molecule has 0 saturated carbocycles. The summed E-state index contributed by atoms with van der Waals surface area (Å²) in [6.45, 7) is 0. The normalized spacial score (nSPS) is 4.00. The summed E-state index contributed by atoms with van der Waals surface area (Å²) >= 11 is 0. The first-order valence-corrected chi connectivity index (χ1v) is 0.548. The molecule has 0 unspecified atom stereocenters. The number of nitrogens with zero attached hydrogens (tertiary/aromatic N) is 1. The molecular weight excluding hydrogens is 184 g/mol. The number of hydrogen-bond acceptors (Lipinski definition) is 3. The van der Waals surface area contributed by atoms with Crippen LogP contribution in [-0.2, 0) is 33.8 Å². The van der Waals surface area contributed by atoms with E-state index >= 15 is 0 Å². The minimum atomic E-state index is -1.75. The zero-order chi connectivity index (χ0) is 3.58. The molecule has 0 atom stereocenters. The molecule has 0 aromatic rings. The van der Waals surface area contributed by atoms with Gasteiger partial charge in [-0.1, -0.05) is 0 Å². The van der Waals surface area contributed by atoms with Gasteiger partial charge in [0.25, 0.3) is 0 Å². The van der Waals surface area contributed by atoms with E-state index in [-0.39, 0.29) is 33.8 Å². The van der Waals surface area contributed by atoms with Gasteiger partial charge in [0.05, 0.1) is 5.09 Å². The van der Waals surface area contributed by atoms with Crippen molar-refractivity contribution in [3.05, 3.63) is 15.3 Å². The van der Waals surface area contributed by atoms with E-state index in [0.29, 0.717) is 0 Å². The van der Waals surface area contributed by atoms with Gasteiger partial charge in [-0.05, 0) is 0 Å². The third-order valence-corrected chi connectivity index (χ3v) is 0. The molecule has 0 N–H and O–H groups in total. The summed E-state index contributed by atoms with van der Waals surface area (Å²) in [6.07, 6.45) is 0. The Hall–Kier alpha value is 0.226. The van der Waals surface area contributed by atoms with Crippen LogP contribution in [0.5, 0.6) is 0 Å². The molecule has 0 aliphatic carbocycles. The third-order valence-electron chi connectivity index (χ3n) is 0. The fourth-order valence-electron chi connectivity index (χ4n) is 0. The second-order valence-electron chi connectivity index (χ2n) is 0.224. The van der Waals surface area contributed by atoms with Gasteiger partial charge < -0.3 is 15.3 Å². The van der Waals surface area contributed by atoms with Crippen LogP contribution >= 0.6 is 0 Å². The molecule has 44 valence electrons. The van der Waals surface area contributed by atoms with Crippen molar-refractivity contribution in [3.63, 3.8) is 0 Å². The van der Waals surface area contributed by atoms with E-state index in [2.05, 4.69) is 0 Å². The topological polar surface area (TPSA) is 66.2 Å². The molecule has 4 nitrogen and oxygen atoms in total. The maximum absolute atomic E-state index is 8.25. The maximum atomic E-state index is 8.25. The van der Waals surface area contributed by atoms with Gasteiger partial charge in [0.2, 0.25) is 0 Å². The van der Waals surface area contributed by atoms with Gasteiger partial charge in [0, 0.05) is 33.8 Å². The zero-order valence-corrected chi connectivity index (χ0v) is 4.29. The van der Waals surface area contributed by atoms with Crippen LogP contribution in [0.25, 0.3) is 0 Å². The summed E-state index contributed by atoms with van der Waals surface area (Å²) in [6, 6.07) is 0. The predicted octanol–water partition coefficient (Wildman–Crippen LogP) is -0.244. The Kier molecular flexibility index (Phi) is 24.4. The van der Waals surface area contributed by atoms with Gasteiger partial charge in [0.1, 0.15) is 0 Å². The Morgan fingerprint density at radius 3 is 1.33 bits per heavy atom. The Balaban J connectivity index is -0.0000000450. The van der Waals surface area contributed by atoms with Gasteiger partial charge in [0.15, 0.2) is 0 Å². The molecule has 2 radical (unpaired) electrons. The molecule has 0 bridgehead atoms. The van der Waals surface area contributed by atoms with Crippen molar-refractivity contribution in [2.45, 2.75) is 0 Å². The van der Waals surface area contributed by atoms with Crippen molar-refractivity contribution >= 4 is 0 Å². The Morgan fingerprint density at radius 1 is 1.33 bits per heavy atom. The molecule has 0 aromatic carbocycles. The van der Waals surface area contributed by atoms with Crippen LogP contribution in [0, 0.1) is 15.3 Å². The van der Waals surface area contributed by atoms with E-state index in [1.54, 1.807) is 0 Å². The van der Waals surface area contributed by atoms with Crippen LogP contribution in [0.15, 0.2) is 0 Å². The van der Waals surface area contributed by atoms with Crippen LogP contribution in [0.3, 0.4) is 0 Å². The molecule has 0 amide bonds. The molecule has 6 heavy (non-hydrogen) atoms. The SMILES string of the molecule is O=[N+]([O-])[O-].[Co].[Cu]. The van der Waals surface area contributed by atoms with E-state index in [4.69, 9.17) is 15.3 Å². The molecule has 0 spiro atoms. The quantitative estimate of drug-likeness (QED) is 0.296. The second kappa shape index (κ2) is 8.97. The summed E-state index contributed by atoms with van der Waals surface area (Å²) in [5.74, 6) is 0. The average molecular weight is 184 g/mol. The standard InChI is InChI=1S/Co.Cu.NO3/c;;2-1(3)4/q;;-1. The summed E-state index contributed by atoms with van der Waals surface area (Å²) in [7, 11) is 0. The first-order chi connectivity index (χ1) is 1.73. The Bertz CT molecular complexity index is 33.8. The molecule has 0 fully saturated rings. The van der Waals surface area contributed by atoms with E-state index in [1.807, 2.05) is 0 Å². The molecule has 0 aliphatic heterocycles. The minimum absolute atomic E-state index is 0. The van der Waals surface area contributed by atoms with Crippen LogP contribution < -0.4 is 0 Å². The second-order valence-corrected chi connectivity index (χ2v) is 0.224. The van der Waals surface area contributed by atoms with Crippen LogP contribution in [0.4, 0.5) is 0 Å². The van der Waals surface area contributed by atoms with Gasteiger partial charge >= 0.3 is 0 Å². The molecule has 0 rings (SSSR count). The third kappa shape index (κ3) is 861. The van der Waals surface area contributed by atoms with Crippen molar-refractivity contribution in [1.82, 2.24) is 0 Å². The minimum Gasteiger partial charge on any atom is -0.356 e. The van der Waals surface area contributed by atoms with Crippen LogP contribution in [0.1, 0.15) is 0 Å². The molecular formula is CoCuNO3-. The maximum Gasteiger partial charge on any atom is 0.0689 e. The molecule has 0 heterocycles.